The van der Waals surface area contributed by atoms with Crippen LogP contribution in [0, 0.1) is 0 Å². The number of fused-ring (bicyclic) bond motifs is 2. The number of nitrogens with zero attached hydrogens (tertiary/aromatic N) is 3. The number of benzene rings is 1. The molecular weight excluding hydrogens is 304 g/mol. The molecule has 0 unspecified atom stereocenters. The Labute approximate surface area is 140 Å². The average molecular weight is 324 g/mol. The molecule has 0 radical (unpaired) electrons. The largest absolute Gasteiger partial charge is 0.335 e. The summed E-state index contributed by atoms with van der Waals surface area (Å²) < 4.78 is 1.49. The minimum atomic E-state index is -0.0686. The number of nitrogens with one attached hydrogen (secondary N) is 1. The highest BCUT2D eigenvalue weighted by atomic mass is 16.2. The molecule has 2 aliphatic rings. The maximum atomic E-state index is 12.6. The van der Waals surface area contributed by atoms with E-state index in [2.05, 4.69) is 22.4 Å². The van der Waals surface area contributed by atoms with E-state index < -0.39 is 0 Å². The normalized spacial score (nSPS) is 16.6. The molecule has 0 fully saturated rings. The summed E-state index contributed by atoms with van der Waals surface area (Å²) in [5.41, 5.74) is 4.08. The molecule has 2 heterocycles. The van der Waals surface area contributed by atoms with E-state index in [1.54, 1.807) is 11.9 Å². The fourth-order valence-electron chi connectivity index (χ4n) is 3.62. The smallest absolute Gasteiger partial charge is 0.318 e. The molecule has 1 aromatic heterocycles. The molecule has 0 bridgehead atoms. The van der Waals surface area contributed by atoms with Crippen molar-refractivity contribution in [3.05, 3.63) is 63.3 Å². The van der Waals surface area contributed by atoms with E-state index in [9.17, 15) is 9.59 Å². The second-order valence-corrected chi connectivity index (χ2v) is 6.58. The summed E-state index contributed by atoms with van der Waals surface area (Å²) in [6.45, 7) is 0.955. The number of carbonyl (C=O) groups excluding carboxylic acids is 1. The van der Waals surface area contributed by atoms with E-state index in [1.165, 1.54) is 22.0 Å². The van der Waals surface area contributed by atoms with E-state index in [4.69, 9.17) is 0 Å². The lowest BCUT2D eigenvalue weighted by atomic mass is 10.1. The summed E-state index contributed by atoms with van der Waals surface area (Å²) in [4.78, 5) is 30.7. The molecule has 2 amide bonds. The van der Waals surface area contributed by atoms with Crippen LogP contribution in [0.5, 0.6) is 0 Å². The molecule has 0 saturated carbocycles. The van der Waals surface area contributed by atoms with Crippen molar-refractivity contribution >= 4 is 6.03 Å². The van der Waals surface area contributed by atoms with Crippen molar-refractivity contribution in [1.29, 1.82) is 0 Å². The van der Waals surface area contributed by atoms with Gasteiger partial charge in [0.15, 0.2) is 0 Å². The number of hydrogen-bond donors (Lipinski definition) is 1. The first-order valence-corrected chi connectivity index (χ1v) is 8.27. The summed E-state index contributed by atoms with van der Waals surface area (Å²) in [7, 11) is 1.70. The van der Waals surface area contributed by atoms with Crippen molar-refractivity contribution in [3.8, 4) is 0 Å². The monoisotopic (exact) mass is 324 g/mol. The van der Waals surface area contributed by atoms with E-state index in [0.717, 1.165) is 18.4 Å². The van der Waals surface area contributed by atoms with Gasteiger partial charge in [0, 0.05) is 25.2 Å². The summed E-state index contributed by atoms with van der Waals surface area (Å²) in [5.74, 6) is 0. The van der Waals surface area contributed by atoms with Crippen molar-refractivity contribution in [1.82, 2.24) is 19.8 Å². The molecule has 1 aliphatic carbocycles. The van der Waals surface area contributed by atoms with Gasteiger partial charge in [-0.25, -0.2) is 9.78 Å². The number of urea groups is 1. The number of aromatic nitrogens is 2. The third-order valence-corrected chi connectivity index (χ3v) is 4.95. The highest BCUT2D eigenvalue weighted by Gasteiger charge is 2.27. The van der Waals surface area contributed by atoms with Gasteiger partial charge < -0.3 is 14.8 Å². The molecule has 1 aromatic carbocycles. The topological polar surface area (TPSA) is 67.2 Å². The molecule has 0 saturated heterocycles. The van der Waals surface area contributed by atoms with E-state index in [1.807, 2.05) is 12.1 Å². The Kier molecular flexibility index (Phi) is 3.59. The fourth-order valence-corrected chi connectivity index (χ4v) is 3.62. The molecule has 2 aromatic rings. The molecule has 6 heteroatoms. The van der Waals surface area contributed by atoms with Gasteiger partial charge in [-0.05, 0) is 30.4 Å². The number of carbonyl (C=O) groups is 1. The van der Waals surface area contributed by atoms with Crippen molar-refractivity contribution in [3.63, 3.8) is 0 Å². The van der Waals surface area contributed by atoms with Crippen molar-refractivity contribution < 1.29 is 4.79 Å². The molecule has 0 spiro atoms. The number of hydrogen-bond acceptors (Lipinski definition) is 3. The minimum Gasteiger partial charge on any atom is -0.335 e. The maximum absolute atomic E-state index is 12.6. The van der Waals surface area contributed by atoms with Crippen LogP contribution < -0.4 is 10.9 Å². The quantitative estimate of drug-likeness (QED) is 0.851. The SMILES string of the molecule is Cn1cnc2c(c1=O)CCN(C(=O)NC1Cc3ccccc3C1)C2. The first kappa shape index (κ1) is 14.9. The second kappa shape index (κ2) is 5.78. The van der Waals surface area contributed by atoms with Crippen LogP contribution in [0.15, 0.2) is 35.4 Å². The Balaban J connectivity index is 1.43. The zero-order chi connectivity index (χ0) is 16.7. The van der Waals surface area contributed by atoms with Crippen LogP contribution in [0.1, 0.15) is 22.4 Å². The van der Waals surface area contributed by atoms with Crippen molar-refractivity contribution in [2.75, 3.05) is 6.54 Å². The van der Waals surface area contributed by atoms with Gasteiger partial charge in [-0.3, -0.25) is 4.79 Å². The highest BCUT2D eigenvalue weighted by molar-refractivity contribution is 5.75. The third-order valence-electron chi connectivity index (χ3n) is 4.95. The first-order valence-electron chi connectivity index (χ1n) is 8.27. The molecule has 1 N–H and O–H groups in total. The van der Waals surface area contributed by atoms with Crippen LogP contribution in [-0.2, 0) is 32.9 Å². The highest BCUT2D eigenvalue weighted by Crippen LogP contribution is 2.22. The van der Waals surface area contributed by atoms with E-state index in [-0.39, 0.29) is 17.6 Å². The Morgan fingerprint density at radius 2 is 1.96 bits per heavy atom. The number of amides is 2. The first-order chi connectivity index (χ1) is 11.6. The molecule has 4 rings (SSSR count). The van der Waals surface area contributed by atoms with Crippen LogP contribution in [0.25, 0.3) is 0 Å². The van der Waals surface area contributed by atoms with Gasteiger partial charge >= 0.3 is 6.03 Å². The van der Waals surface area contributed by atoms with Crippen molar-refractivity contribution in [2.45, 2.75) is 31.8 Å². The predicted octanol–water partition coefficient (Wildman–Crippen LogP) is 1.02. The van der Waals surface area contributed by atoms with Crippen molar-refractivity contribution in [2.24, 2.45) is 7.05 Å². The van der Waals surface area contributed by atoms with Crippen LogP contribution in [0.2, 0.25) is 0 Å². The molecule has 124 valence electrons. The number of aryl methyl sites for hydroxylation is 1. The molecule has 0 atom stereocenters. The van der Waals surface area contributed by atoms with Crippen LogP contribution in [-0.4, -0.2) is 33.1 Å². The number of rotatable bonds is 1. The van der Waals surface area contributed by atoms with Gasteiger partial charge in [0.1, 0.15) is 0 Å². The van der Waals surface area contributed by atoms with Gasteiger partial charge in [0.25, 0.3) is 5.56 Å². The summed E-state index contributed by atoms with van der Waals surface area (Å²) >= 11 is 0. The average Bonchev–Trinajstić information content (AvgIpc) is 3.00. The van der Waals surface area contributed by atoms with Gasteiger partial charge in [0.05, 0.1) is 18.6 Å². The molecule has 1 aliphatic heterocycles. The Morgan fingerprint density at radius 1 is 1.25 bits per heavy atom. The van der Waals surface area contributed by atoms with Gasteiger partial charge in [0.2, 0.25) is 0 Å². The Hall–Kier alpha value is -2.63. The fraction of sp³-hybridized carbons (Fsp3) is 0.389. The summed E-state index contributed by atoms with van der Waals surface area (Å²) in [5, 5.41) is 3.13. The van der Waals surface area contributed by atoms with Gasteiger partial charge in [-0.2, -0.15) is 0 Å². The minimum absolute atomic E-state index is 0.00805. The van der Waals surface area contributed by atoms with E-state index in [0.29, 0.717) is 25.2 Å². The third kappa shape index (κ3) is 2.58. The van der Waals surface area contributed by atoms with Gasteiger partial charge in [-0.1, -0.05) is 24.3 Å². The standard InChI is InChI=1S/C18H20N4O2/c1-21-11-19-16-10-22(7-6-15(16)17(21)23)18(24)20-14-8-12-4-2-3-5-13(12)9-14/h2-5,11,14H,6-10H2,1H3,(H,20,24). The molecular formula is C18H20N4O2. The molecule has 6 nitrogen and oxygen atoms in total. The summed E-state index contributed by atoms with van der Waals surface area (Å²) in [6, 6.07) is 8.40. The summed E-state index contributed by atoms with van der Waals surface area (Å²) in [6.07, 6.45) is 3.85. The van der Waals surface area contributed by atoms with E-state index >= 15 is 0 Å². The van der Waals surface area contributed by atoms with Crippen LogP contribution in [0.3, 0.4) is 0 Å². The lowest BCUT2D eigenvalue weighted by molar-refractivity contribution is 0.187. The lowest BCUT2D eigenvalue weighted by Crippen LogP contribution is -2.48. The molecule has 24 heavy (non-hydrogen) atoms. The van der Waals surface area contributed by atoms with Crippen LogP contribution >= 0.6 is 0 Å². The van der Waals surface area contributed by atoms with Gasteiger partial charge in [-0.15, -0.1) is 0 Å². The lowest BCUT2D eigenvalue weighted by Gasteiger charge is -2.29. The Bertz CT molecular complexity index is 833. The second-order valence-electron chi connectivity index (χ2n) is 6.58. The maximum Gasteiger partial charge on any atom is 0.318 e. The zero-order valence-electron chi connectivity index (χ0n) is 13.7. The Morgan fingerprint density at radius 3 is 2.67 bits per heavy atom. The van der Waals surface area contributed by atoms with Crippen LogP contribution in [0.4, 0.5) is 4.79 Å². The predicted molar refractivity (Wildman–Crippen MR) is 89.8 cm³/mol. The zero-order valence-corrected chi connectivity index (χ0v) is 13.7.